The molecule has 98 valence electrons. The molecule has 0 fully saturated rings. The lowest BCUT2D eigenvalue weighted by Crippen LogP contribution is -2.18. The Morgan fingerprint density at radius 3 is 2.41 bits per heavy atom. The van der Waals surface area contributed by atoms with E-state index in [1.165, 1.54) is 6.07 Å². The summed E-state index contributed by atoms with van der Waals surface area (Å²) in [6.07, 6.45) is 2.17. The van der Waals surface area contributed by atoms with E-state index in [1.807, 2.05) is 34.6 Å². The number of fused-ring (bicyclic) bond motifs is 1. The molecule has 1 aliphatic rings. The minimum Gasteiger partial charge on any atom is -0.490 e. The molecular formula is C14H22BrFO. The van der Waals surface area contributed by atoms with Gasteiger partial charge in [-0.15, -0.1) is 0 Å². The molecule has 0 aromatic heterocycles. The second-order valence-electron chi connectivity index (χ2n) is 3.34. The predicted molar refractivity (Wildman–Crippen MR) is 75.2 cm³/mol. The standard InChI is InChI=1S/C10H10BrFO.2C2H6/c1-6-2-3-7-4-8(11)9(12)5-10(7)13-6;2*1-2/h4-6H,2-3H2,1H3;2*1-2H3. The monoisotopic (exact) mass is 304 g/mol. The van der Waals surface area contributed by atoms with Crippen molar-refractivity contribution in [1.29, 1.82) is 0 Å². The minimum absolute atomic E-state index is 0.202. The molecule has 1 heterocycles. The van der Waals surface area contributed by atoms with Crippen molar-refractivity contribution in [1.82, 2.24) is 0 Å². The van der Waals surface area contributed by atoms with Gasteiger partial charge in [-0.25, -0.2) is 4.39 Å². The van der Waals surface area contributed by atoms with Gasteiger partial charge in [-0.2, -0.15) is 0 Å². The Bertz CT molecular complexity index is 339. The number of aryl methyl sites for hydroxylation is 1. The van der Waals surface area contributed by atoms with E-state index < -0.39 is 0 Å². The normalized spacial score (nSPS) is 16.5. The maximum atomic E-state index is 13.1. The molecule has 1 unspecified atom stereocenters. The molecule has 0 N–H and O–H groups in total. The Kier molecular flexibility index (Phi) is 8.23. The van der Waals surface area contributed by atoms with Crippen LogP contribution < -0.4 is 4.74 Å². The highest BCUT2D eigenvalue weighted by molar-refractivity contribution is 9.10. The number of benzene rings is 1. The van der Waals surface area contributed by atoms with Gasteiger partial charge in [-0.3, -0.25) is 0 Å². The first-order valence-electron chi connectivity index (χ1n) is 6.31. The molecule has 0 aliphatic carbocycles. The van der Waals surface area contributed by atoms with Crippen molar-refractivity contribution in [3.05, 3.63) is 28.0 Å². The molecule has 17 heavy (non-hydrogen) atoms. The fraction of sp³-hybridized carbons (Fsp3) is 0.571. The first kappa shape index (κ1) is 16.4. The smallest absolute Gasteiger partial charge is 0.141 e. The van der Waals surface area contributed by atoms with Gasteiger partial charge in [0.25, 0.3) is 0 Å². The van der Waals surface area contributed by atoms with E-state index in [0.29, 0.717) is 10.2 Å². The highest BCUT2D eigenvalue weighted by Crippen LogP contribution is 2.31. The van der Waals surface area contributed by atoms with Crippen LogP contribution >= 0.6 is 15.9 Å². The van der Waals surface area contributed by atoms with Crippen LogP contribution in [0.2, 0.25) is 0 Å². The molecule has 0 saturated heterocycles. The van der Waals surface area contributed by atoms with Crippen molar-refractivity contribution in [2.45, 2.75) is 53.6 Å². The Labute approximate surface area is 113 Å². The van der Waals surface area contributed by atoms with Crippen LogP contribution in [0.1, 0.15) is 46.6 Å². The second kappa shape index (κ2) is 8.51. The number of hydrogen-bond acceptors (Lipinski definition) is 1. The van der Waals surface area contributed by atoms with Gasteiger partial charge in [0.2, 0.25) is 0 Å². The second-order valence-corrected chi connectivity index (χ2v) is 4.20. The number of rotatable bonds is 0. The predicted octanol–water partition coefficient (Wildman–Crippen LogP) is 5.35. The fourth-order valence-electron chi connectivity index (χ4n) is 1.51. The largest absolute Gasteiger partial charge is 0.490 e. The lowest BCUT2D eigenvalue weighted by molar-refractivity contribution is 0.191. The molecule has 3 heteroatoms. The van der Waals surface area contributed by atoms with Crippen molar-refractivity contribution in [3.8, 4) is 5.75 Å². The first-order valence-corrected chi connectivity index (χ1v) is 7.10. The van der Waals surface area contributed by atoms with Crippen LogP contribution in [-0.4, -0.2) is 6.10 Å². The van der Waals surface area contributed by atoms with Crippen molar-refractivity contribution in [2.24, 2.45) is 0 Å². The van der Waals surface area contributed by atoms with E-state index >= 15 is 0 Å². The van der Waals surface area contributed by atoms with Gasteiger partial charge in [0.05, 0.1) is 10.6 Å². The summed E-state index contributed by atoms with van der Waals surface area (Å²) in [5, 5.41) is 0. The summed E-state index contributed by atoms with van der Waals surface area (Å²) in [7, 11) is 0. The number of ether oxygens (including phenoxy) is 1. The molecule has 0 bridgehead atoms. The van der Waals surface area contributed by atoms with E-state index in [9.17, 15) is 4.39 Å². The third kappa shape index (κ3) is 4.66. The van der Waals surface area contributed by atoms with Gasteiger partial charge in [0.1, 0.15) is 11.6 Å². The molecule has 1 aromatic carbocycles. The van der Waals surface area contributed by atoms with E-state index in [4.69, 9.17) is 4.74 Å². The average Bonchev–Trinajstić information content (AvgIpc) is 2.36. The van der Waals surface area contributed by atoms with Crippen LogP contribution in [0.25, 0.3) is 0 Å². The zero-order valence-corrected chi connectivity index (χ0v) is 12.9. The Balaban J connectivity index is 0.000000581. The quantitative estimate of drug-likeness (QED) is 0.627. The molecule has 0 spiro atoms. The van der Waals surface area contributed by atoms with Crippen molar-refractivity contribution in [2.75, 3.05) is 0 Å². The first-order chi connectivity index (χ1) is 8.16. The van der Waals surface area contributed by atoms with Crippen LogP contribution in [0.4, 0.5) is 4.39 Å². The Morgan fingerprint density at radius 1 is 1.24 bits per heavy atom. The zero-order chi connectivity index (χ0) is 13.4. The Hall–Kier alpha value is -0.570. The van der Waals surface area contributed by atoms with Crippen LogP contribution in [-0.2, 0) is 6.42 Å². The summed E-state index contributed by atoms with van der Waals surface area (Å²) < 4.78 is 19.1. The van der Waals surface area contributed by atoms with Gasteiger partial charge in [0, 0.05) is 6.07 Å². The van der Waals surface area contributed by atoms with Gasteiger partial charge < -0.3 is 4.74 Å². The van der Waals surface area contributed by atoms with Crippen molar-refractivity contribution >= 4 is 15.9 Å². The third-order valence-electron chi connectivity index (χ3n) is 2.25. The summed E-state index contributed by atoms with van der Waals surface area (Å²) in [6.45, 7) is 10.0. The molecule has 0 amide bonds. The summed E-state index contributed by atoms with van der Waals surface area (Å²) in [6, 6.07) is 3.26. The number of halogens is 2. The van der Waals surface area contributed by atoms with E-state index in [0.717, 1.165) is 18.4 Å². The minimum atomic E-state index is -0.257. The van der Waals surface area contributed by atoms with Crippen LogP contribution in [0.5, 0.6) is 5.75 Å². The van der Waals surface area contributed by atoms with E-state index in [1.54, 1.807) is 6.07 Å². The van der Waals surface area contributed by atoms with Gasteiger partial charge in [-0.1, -0.05) is 27.7 Å². The topological polar surface area (TPSA) is 9.23 Å². The van der Waals surface area contributed by atoms with Crippen molar-refractivity contribution < 1.29 is 9.13 Å². The van der Waals surface area contributed by atoms with Crippen LogP contribution in [0.15, 0.2) is 16.6 Å². The maximum absolute atomic E-state index is 13.1. The summed E-state index contributed by atoms with van der Waals surface area (Å²) in [5.74, 6) is 0.437. The lowest BCUT2D eigenvalue weighted by Gasteiger charge is -2.23. The molecular weight excluding hydrogens is 283 g/mol. The average molecular weight is 305 g/mol. The summed E-state index contributed by atoms with van der Waals surface area (Å²) in [4.78, 5) is 0. The summed E-state index contributed by atoms with van der Waals surface area (Å²) >= 11 is 3.16. The summed E-state index contributed by atoms with van der Waals surface area (Å²) in [5.41, 5.74) is 1.09. The maximum Gasteiger partial charge on any atom is 0.141 e. The third-order valence-corrected chi connectivity index (χ3v) is 2.86. The van der Waals surface area contributed by atoms with E-state index in [-0.39, 0.29) is 11.9 Å². The van der Waals surface area contributed by atoms with E-state index in [2.05, 4.69) is 15.9 Å². The fourth-order valence-corrected chi connectivity index (χ4v) is 1.90. The highest BCUT2D eigenvalue weighted by Gasteiger charge is 2.17. The molecule has 0 radical (unpaired) electrons. The lowest BCUT2D eigenvalue weighted by atomic mass is 10.0. The van der Waals surface area contributed by atoms with Crippen LogP contribution in [0.3, 0.4) is 0 Å². The van der Waals surface area contributed by atoms with Crippen molar-refractivity contribution in [3.63, 3.8) is 0 Å². The molecule has 1 aliphatic heterocycles. The zero-order valence-electron chi connectivity index (χ0n) is 11.3. The Morgan fingerprint density at radius 2 is 1.82 bits per heavy atom. The van der Waals surface area contributed by atoms with Gasteiger partial charge in [-0.05, 0) is 47.3 Å². The SMILES string of the molecule is CC.CC.CC1CCc2cc(Br)c(F)cc2O1. The highest BCUT2D eigenvalue weighted by atomic mass is 79.9. The molecule has 0 saturated carbocycles. The molecule has 2 rings (SSSR count). The molecule has 1 aromatic rings. The van der Waals surface area contributed by atoms with Gasteiger partial charge >= 0.3 is 0 Å². The number of hydrogen-bond donors (Lipinski definition) is 0. The molecule has 1 nitrogen and oxygen atoms in total. The molecule has 1 atom stereocenters. The van der Waals surface area contributed by atoms with Crippen LogP contribution in [0, 0.1) is 5.82 Å². The van der Waals surface area contributed by atoms with Gasteiger partial charge in [0.15, 0.2) is 0 Å².